The highest BCUT2D eigenvalue weighted by Gasteiger charge is 2.29. The van der Waals surface area contributed by atoms with Gasteiger partial charge < -0.3 is 9.52 Å². The van der Waals surface area contributed by atoms with Crippen molar-refractivity contribution in [3.05, 3.63) is 23.2 Å². The molecule has 1 unspecified atom stereocenters. The van der Waals surface area contributed by atoms with Gasteiger partial charge in [0.15, 0.2) is 0 Å². The summed E-state index contributed by atoms with van der Waals surface area (Å²) in [5.41, 5.74) is 1.21. The second-order valence-corrected chi connectivity index (χ2v) is 4.53. The van der Waals surface area contributed by atoms with Gasteiger partial charge in [-0.1, -0.05) is 13.8 Å². The summed E-state index contributed by atoms with van der Waals surface area (Å²) in [6.45, 7) is 4.17. The molecule has 0 fully saturated rings. The van der Waals surface area contributed by atoms with E-state index in [1.54, 1.807) is 0 Å². The molecule has 0 radical (unpaired) electrons. The topological polar surface area (TPSA) is 50.4 Å². The molecule has 1 atom stereocenters. The lowest BCUT2D eigenvalue weighted by atomic mass is 10.0. The van der Waals surface area contributed by atoms with Gasteiger partial charge in [-0.05, 0) is 24.5 Å². The van der Waals surface area contributed by atoms with Crippen LogP contribution in [0.25, 0.3) is 0 Å². The molecular weight excluding hydrogens is 192 g/mol. The van der Waals surface area contributed by atoms with Crippen LogP contribution in [0.15, 0.2) is 10.5 Å². The van der Waals surface area contributed by atoms with Gasteiger partial charge in [0.25, 0.3) is 0 Å². The average Bonchev–Trinajstić information content (AvgIpc) is 2.66. The quantitative estimate of drug-likeness (QED) is 0.830. The van der Waals surface area contributed by atoms with Gasteiger partial charge in [0.2, 0.25) is 0 Å². The monoisotopic (exact) mass is 208 g/mol. The smallest absolute Gasteiger partial charge is 0.304 e. The first kappa shape index (κ1) is 10.3. The van der Waals surface area contributed by atoms with Crippen molar-refractivity contribution in [3.63, 3.8) is 0 Å². The van der Waals surface area contributed by atoms with Crippen LogP contribution in [0, 0.1) is 0 Å². The lowest BCUT2D eigenvalue weighted by molar-refractivity contribution is -0.137. The molecular formula is C12H16O3. The summed E-state index contributed by atoms with van der Waals surface area (Å²) in [6.07, 6.45) is 2.07. The van der Waals surface area contributed by atoms with E-state index in [2.05, 4.69) is 19.9 Å². The van der Waals surface area contributed by atoms with Crippen LogP contribution in [0.3, 0.4) is 0 Å². The largest absolute Gasteiger partial charge is 0.481 e. The van der Waals surface area contributed by atoms with E-state index in [1.165, 1.54) is 5.56 Å². The first-order valence-corrected chi connectivity index (χ1v) is 5.42. The lowest BCUT2D eigenvalue weighted by Crippen LogP contribution is -2.02. The molecule has 3 nitrogen and oxygen atoms in total. The Hall–Kier alpha value is -1.25. The van der Waals surface area contributed by atoms with Crippen molar-refractivity contribution < 1.29 is 14.3 Å². The first-order chi connectivity index (χ1) is 7.08. The van der Waals surface area contributed by atoms with Crippen LogP contribution in [-0.4, -0.2) is 11.1 Å². The molecule has 0 aromatic carbocycles. The van der Waals surface area contributed by atoms with Crippen LogP contribution in [0.4, 0.5) is 0 Å². The molecule has 0 amide bonds. The number of hydrogen-bond donors (Lipinski definition) is 1. The van der Waals surface area contributed by atoms with Gasteiger partial charge in [0, 0.05) is 11.8 Å². The number of hydrogen-bond acceptors (Lipinski definition) is 2. The maximum atomic E-state index is 10.7. The third kappa shape index (κ3) is 1.91. The molecule has 0 aliphatic heterocycles. The van der Waals surface area contributed by atoms with E-state index in [4.69, 9.17) is 9.52 Å². The van der Waals surface area contributed by atoms with Gasteiger partial charge in [-0.2, -0.15) is 0 Å². The fraction of sp³-hybridized carbons (Fsp3) is 0.583. The van der Waals surface area contributed by atoms with Crippen molar-refractivity contribution in [1.29, 1.82) is 0 Å². The molecule has 1 aromatic rings. The predicted molar refractivity (Wildman–Crippen MR) is 56.1 cm³/mol. The molecule has 0 saturated heterocycles. The maximum absolute atomic E-state index is 10.7. The molecule has 0 saturated carbocycles. The van der Waals surface area contributed by atoms with Crippen LogP contribution in [0.2, 0.25) is 0 Å². The van der Waals surface area contributed by atoms with Crippen molar-refractivity contribution in [1.82, 2.24) is 0 Å². The normalized spacial score (nSPS) is 19.5. The van der Waals surface area contributed by atoms with E-state index in [0.717, 1.165) is 24.4 Å². The number of aliphatic carboxylic acids is 1. The van der Waals surface area contributed by atoms with Gasteiger partial charge >= 0.3 is 5.97 Å². The number of carbonyl (C=O) groups is 1. The van der Waals surface area contributed by atoms with E-state index in [1.807, 2.05) is 0 Å². The summed E-state index contributed by atoms with van der Waals surface area (Å²) in [5.74, 6) is 1.62. The van der Waals surface area contributed by atoms with Crippen molar-refractivity contribution in [2.75, 3.05) is 0 Å². The Labute approximate surface area is 89.1 Å². The third-order valence-electron chi connectivity index (χ3n) is 2.98. The number of carboxylic acid groups (broad SMARTS) is 1. The molecule has 1 aliphatic rings. The second kappa shape index (κ2) is 3.72. The second-order valence-electron chi connectivity index (χ2n) is 4.53. The van der Waals surface area contributed by atoms with Crippen LogP contribution >= 0.6 is 0 Å². The molecule has 1 N–H and O–H groups in total. The zero-order chi connectivity index (χ0) is 11.0. The minimum Gasteiger partial charge on any atom is -0.481 e. The molecule has 0 bridgehead atoms. The van der Waals surface area contributed by atoms with Crippen molar-refractivity contribution in [3.8, 4) is 0 Å². The molecule has 1 heterocycles. The number of fused-ring (bicyclic) bond motifs is 1. The van der Waals surface area contributed by atoms with Crippen LogP contribution in [0.1, 0.15) is 55.6 Å². The van der Waals surface area contributed by atoms with E-state index in [-0.39, 0.29) is 12.3 Å². The minimum absolute atomic E-state index is 0.0880. The fourth-order valence-corrected chi connectivity index (χ4v) is 2.16. The lowest BCUT2D eigenvalue weighted by Gasteiger charge is -2.06. The predicted octanol–water partition coefficient (Wildman–Crippen LogP) is 2.91. The number of rotatable bonds is 3. The van der Waals surface area contributed by atoms with Gasteiger partial charge in [0.05, 0.1) is 6.42 Å². The third-order valence-corrected chi connectivity index (χ3v) is 2.98. The highest BCUT2D eigenvalue weighted by atomic mass is 16.4. The first-order valence-electron chi connectivity index (χ1n) is 5.42. The number of aryl methyl sites for hydroxylation is 1. The zero-order valence-corrected chi connectivity index (χ0v) is 9.12. The Bertz CT molecular complexity index is 376. The number of carboxylic acids is 1. The van der Waals surface area contributed by atoms with Gasteiger partial charge in [-0.25, -0.2) is 0 Å². The minimum atomic E-state index is -0.740. The summed E-state index contributed by atoms with van der Waals surface area (Å²) in [5, 5.41) is 8.77. The Balaban J connectivity index is 2.22. The van der Waals surface area contributed by atoms with Gasteiger partial charge in [-0.3, -0.25) is 4.79 Å². The van der Waals surface area contributed by atoms with E-state index >= 15 is 0 Å². The summed E-state index contributed by atoms with van der Waals surface area (Å²) < 4.78 is 5.74. The summed E-state index contributed by atoms with van der Waals surface area (Å²) in [7, 11) is 0. The summed E-state index contributed by atoms with van der Waals surface area (Å²) >= 11 is 0. The van der Waals surface area contributed by atoms with Crippen molar-refractivity contribution >= 4 is 5.97 Å². The SMILES string of the molecule is CC(C)c1cc2c(o1)C(CC(=O)O)CC2. The van der Waals surface area contributed by atoms with Gasteiger partial charge in [0.1, 0.15) is 11.5 Å². The molecule has 1 aliphatic carbocycles. The van der Waals surface area contributed by atoms with E-state index in [0.29, 0.717) is 5.92 Å². The molecule has 15 heavy (non-hydrogen) atoms. The van der Waals surface area contributed by atoms with Crippen LogP contribution in [-0.2, 0) is 11.2 Å². The van der Waals surface area contributed by atoms with Gasteiger partial charge in [-0.15, -0.1) is 0 Å². The van der Waals surface area contributed by atoms with E-state index < -0.39 is 5.97 Å². The standard InChI is InChI=1S/C12H16O3/c1-7(2)10-5-8-3-4-9(6-11(13)14)12(8)15-10/h5,7,9H,3-4,6H2,1-2H3,(H,13,14). The Morgan fingerprint density at radius 2 is 2.40 bits per heavy atom. The maximum Gasteiger partial charge on any atom is 0.304 e. The Morgan fingerprint density at radius 1 is 1.67 bits per heavy atom. The molecule has 2 rings (SSSR count). The Kier molecular flexibility index (Phi) is 2.55. The number of furan rings is 1. The average molecular weight is 208 g/mol. The molecule has 0 spiro atoms. The van der Waals surface area contributed by atoms with Crippen molar-refractivity contribution in [2.24, 2.45) is 0 Å². The molecule has 1 aromatic heterocycles. The molecule has 3 heteroatoms. The summed E-state index contributed by atoms with van der Waals surface area (Å²) in [6, 6.07) is 2.09. The van der Waals surface area contributed by atoms with E-state index in [9.17, 15) is 4.79 Å². The molecule has 82 valence electrons. The van der Waals surface area contributed by atoms with Crippen molar-refractivity contribution in [2.45, 2.75) is 44.9 Å². The fourth-order valence-electron chi connectivity index (χ4n) is 2.16. The van der Waals surface area contributed by atoms with Crippen LogP contribution < -0.4 is 0 Å². The highest BCUT2D eigenvalue weighted by molar-refractivity contribution is 5.68. The summed E-state index contributed by atoms with van der Waals surface area (Å²) in [4.78, 5) is 10.7. The zero-order valence-electron chi connectivity index (χ0n) is 9.12. The Morgan fingerprint density at radius 3 is 3.00 bits per heavy atom. The van der Waals surface area contributed by atoms with Crippen LogP contribution in [0.5, 0.6) is 0 Å². The highest BCUT2D eigenvalue weighted by Crippen LogP contribution is 2.38.